The number of hydrogen-bond donors (Lipinski definition) is 0. The van der Waals surface area contributed by atoms with E-state index >= 15 is 0 Å². The second-order valence-corrected chi connectivity index (χ2v) is 4.64. The number of ketones is 1. The van der Waals surface area contributed by atoms with Crippen molar-refractivity contribution in [3.63, 3.8) is 0 Å². The van der Waals surface area contributed by atoms with Crippen LogP contribution in [0.2, 0.25) is 0 Å². The van der Waals surface area contributed by atoms with Crippen LogP contribution >= 0.6 is 15.9 Å². The average molecular weight is 286 g/mol. The molecule has 0 aliphatic carbocycles. The monoisotopic (exact) mass is 285 g/mol. The molecule has 3 rings (SSSR count). The largest absolute Gasteiger partial charge is 0.287 e. The molecule has 0 fully saturated rings. The summed E-state index contributed by atoms with van der Waals surface area (Å²) in [5, 5.41) is 0. The Balaban J connectivity index is 2.16. The Morgan fingerprint density at radius 2 is 1.53 bits per heavy atom. The van der Waals surface area contributed by atoms with Gasteiger partial charge in [-0.3, -0.25) is 4.79 Å². The second-order valence-electron chi connectivity index (χ2n) is 3.79. The molecule has 2 nitrogen and oxygen atoms in total. The van der Waals surface area contributed by atoms with Gasteiger partial charge >= 0.3 is 0 Å². The van der Waals surface area contributed by atoms with Crippen LogP contribution in [-0.4, -0.2) is 11.5 Å². The Morgan fingerprint density at radius 1 is 0.882 bits per heavy atom. The Labute approximate surface area is 107 Å². The van der Waals surface area contributed by atoms with E-state index in [-0.39, 0.29) is 5.78 Å². The molecule has 0 atom stereocenters. The fraction of sp³-hybridized carbons (Fsp3) is 0. The smallest absolute Gasteiger partial charge is 0.214 e. The zero-order valence-electron chi connectivity index (χ0n) is 8.85. The van der Waals surface area contributed by atoms with Gasteiger partial charge in [-0.15, -0.1) is 0 Å². The van der Waals surface area contributed by atoms with Crippen molar-refractivity contribution in [1.82, 2.24) is 0 Å². The minimum atomic E-state index is -0.00694. The highest BCUT2D eigenvalue weighted by Crippen LogP contribution is 2.30. The van der Waals surface area contributed by atoms with Crippen LogP contribution in [0.4, 0.5) is 5.69 Å². The lowest BCUT2D eigenvalue weighted by molar-refractivity contribution is 0.107. The molecule has 1 heterocycles. The molecule has 2 aromatic rings. The summed E-state index contributed by atoms with van der Waals surface area (Å²) in [6.07, 6.45) is 0. The van der Waals surface area contributed by atoms with Crippen LogP contribution in [0.3, 0.4) is 0 Å². The zero-order chi connectivity index (χ0) is 11.8. The minimum Gasteiger partial charge on any atom is -0.287 e. The first-order chi connectivity index (χ1) is 8.27. The molecule has 1 aliphatic rings. The number of Topliss-reactive ketones (excluding diaryl/α,β-unsaturated/α-hetero) is 1. The lowest BCUT2D eigenvalue weighted by atomic mass is 10.0. The summed E-state index contributed by atoms with van der Waals surface area (Å²) >= 11 is 3.45. The number of hydrogen-bond acceptors (Lipinski definition) is 2. The summed E-state index contributed by atoms with van der Waals surface area (Å²) < 4.78 is 0.889. The lowest BCUT2D eigenvalue weighted by Gasteiger charge is -2.01. The number of aliphatic imine (C=N–C) groups is 1. The van der Waals surface area contributed by atoms with E-state index in [0.29, 0.717) is 11.3 Å². The predicted octanol–water partition coefficient (Wildman–Crippen LogP) is 3.77. The maximum Gasteiger partial charge on any atom is 0.214 e. The Morgan fingerprint density at radius 3 is 2.24 bits per heavy atom. The van der Waals surface area contributed by atoms with E-state index in [1.807, 2.05) is 48.5 Å². The predicted molar refractivity (Wildman–Crippen MR) is 71.1 cm³/mol. The van der Waals surface area contributed by atoms with Crippen molar-refractivity contribution < 1.29 is 4.79 Å². The summed E-state index contributed by atoms with van der Waals surface area (Å²) in [6.45, 7) is 0. The van der Waals surface area contributed by atoms with E-state index < -0.39 is 0 Å². The van der Waals surface area contributed by atoms with Crippen molar-refractivity contribution in [2.75, 3.05) is 0 Å². The summed E-state index contributed by atoms with van der Waals surface area (Å²) in [6, 6.07) is 15.0. The van der Waals surface area contributed by atoms with Gasteiger partial charge in [-0.25, -0.2) is 4.99 Å². The third-order valence-corrected chi connectivity index (χ3v) is 3.42. The van der Waals surface area contributed by atoms with Crippen LogP contribution in [0, 0.1) is 0 Å². The van der Waals surface area contributed by atoms with Gasteiger partial charge in [0.15, 0.2) is 0 Å². The molecule has 0 spiro atoms. The third kappa shape index (κ3) is 1.63. The molecule has 0 amide bonds. The molecule has 0 N–H and O–H groups in total. The van der Waals surface area contributed by atoms with Gasteiger partial charge in [0, 0.05) is 15.6 Å². The average Bonchev–Trinajstić information content (AvgIpc) is 2.68. The van der Waals surface area contributed by atoms with Crippen LogP contribution in [0.25, 0.3) is 0 Å². The highest BCUT2D eigenvalue weighted by atomic mass is 79.9. The maximum atomic E-state index is 12.2. The van der Waals surface area contributed by atoms with Crippen LogP contribution < -0.4 is 0 Å². The number of nitrogens with zero attached hydrogens (tertiary/aromatic N) is 1. The molecule has 1 aliphatic heterocycles. The Bertz CT molecular complexity index is 646. The summed E-state index contributed by atoms with van der Waals surface area (Å²) in [5.41, 5.74) is 2.79. The van der Waals surface area contributed by atoms with Gasteiger partial charge in [0.05, 0.1) is 5.69 Å². The first kappa shape index (κ1) is 10.4. The molecular formula is C14H8BrNO. The molecule has 17 heavy (non-hydrogen) atoms. The van der Waals surface area contributed by atoms with Crippen molar-refractivity contribution in [2.45, 2.75) is 0 Å². The van der Waals surface area contributed by atoms with Crippen molar-refractivity contribution in [3.8, 4) is 0 Å². The number of carbonyl (C=O) groups excluding carboxylic acids is 1. The van der Waals surface area contributed by atoms with Crippen molar-refractivity contribution >= 4 is 33.1 Å². The van der Waals surface area contributed by atoms with Crippen LogP contribution in [-0.2, 0) is 0 Å². The van der Waals surface area contributed by atoms with E-state index in [1.54, 1.807) is 0 Å². The molecule has 0 saturated carbocycles. The normalized spacial score (nSPS) is 13.5. The van der Waals surface area contributed by atoms with Crippen LogP contribution in [0.1, 0.15) is 15.9 Å². The Kier molecular flexibility index (Phi) is 2.41. The molecule has 2 aromatic carbocycles. The minimum absolute atomic E-state index is 0.00694. The highest BCUT2D eigenvalue weighted by Gasteiger charge is 2.26. The molecule has 82 valence electrons. The molecule has 3 heteroatoms. The summed E-state index contributed by atoms with van der Waals surface area (Å²) in [5.74, 6) is -0.00694. The van der Waals surface area contributed by atoms with Crippen LogP contribution in [0.5, 0.6) is 0 Å². The van der Waals surface area contributed by atoms with Gasteiger partial charge in [-0.2, -0.15) is 0 Å². The fourth-order valence-corrected chi connectivity index (χ4v) is 2.37. The first-order valence-electron chi connectivity index (χ1n) is 5.25. The van der Waals surface area contributed by atoms with E-state index in [9.17, 15) is 4.79 Å². The van der Waals surface area contributed by atoms with E-state index in [1.165, 1.54) is 0 Å². The maximum absolute atomic E-state index is 12.2. The van der Waals surface area contributed by atoms with Gasteiger partial charge in [-0.05, 0) is 18.2 Å². The quantitative estimate of drug-likeness (QED) is 0.784. The molecule has 0 bridgehead atoms. The third-order valence-electron chi connectivity index (χ3n) is 2.72. The van der Waals surface area contributed by atoms with Crippen LogP contribution in [0.15, 0.2) is 58.0 Å². The van der Waals surface area contributed by atoms with E-state index in [2.05, 4.69) is 20.9 Å². The molecule has 0 unspecified atom stereocenters. The highest BCUT2D eigenvalue weighted by molar-refractivity contribution is 9.10. The summed E-state index contributed by atoms with van der Waals surface area (Å²) in [4.78, 5) is 16.6. The van der Waals surface area contributed by atoms with Gasteiger partial charge in [-0.1, -0.05) is 46.3 Å². The molecular weight excluding hydrogens is 278 g/mol. The first-order valence-corrected chi connectivity index (χ1v) is 6.04. The van der Waals surface area contributed by atoms with Gasteiger partial charge in [0.1, 0.15) is 5.71 Å². The zero-order valence-corrected chi connectivity index (χ0v) is 10.4. The number of halogens is 1. The number of fused-ring (bicyclic) bond motifs is 1. The number of rotatable bonds is 1. The number of benzene rings is 2. The van der Waals surface area contributed by atoms with E-state index in [0.717, 1.165) is 15.7 Å². The van der Waals surface area contributed by atoms with Crippen molar-refractivity contribution in [1.29, 1.82) is 0 Å². The SMILES string of the molecule is O=C1C(c2ccccc2Br)=Nc2ccccc21. The fourth-order valence-electron chi connectivity index (χ4n) is 1.90. The number of carbonyl (C=O) groups is 1. The van der Waals surface area contributed by atoms with E-state index in [4.69, 9.17) is 0 Å². The van der Waals surface area contributed by atoms with Crippen molar-refractivity contribution in [3.05, 3.63) is 64.1 Å². The number of para-hydroxylation sites is 1. The van der Waals surface area contributed by atoms with Crippen molar-refractivity contribution in [2.24, 2.45) is 4.99 Å². The molecule has 0 radical (unpaired) electrons. The Hall–Kier alpha value is -1.74. The van der Waals surface area contributed by atoms with Gasteiger partial charge in [0.25, 0.3) is 0 Å². The topological polar surface area (TPSA) is 29.4 Å². The van der Waals surface area contributed by atoms with Gasteiger partial charge < -0.3 is 0 Å². The summed E-state index contributed by atoms with van der Waals surface area (Å²) in [7, 11) is 0. The molecule has 0 saturated heterocycles. The standard InChI is InChI=1S/C14H8BrNO/c15-11-7-3-1-5-9(11)13-14(17)10-6-2-4-8-12(10)16-13/h1-8H. The lowest BCUT2D eigenvalue weighted by Crippen LogP contribution is -2.11. The van der Waals surface area contributed by atoms with Gasteiger partial charge in [0.2, 0.25) is 5.78 Å². The second kappa shape index (κ2) is 3.93. The molecule has 0 aromatic heterocycles.